The number of halogens is 1. The van der Waals surface area contributed by atoms with Crippen LogP contribution in [0.1, 0.15) is 11.3 Å². The number of aliphatic imine (C=N–C) groups is 1. The van der Waals surface area contributed by atoms with Gasteiger partial charge in [0.2, 0.25) is 6.79 Å². The Kier molecular flexibility index (Phi) is 6.36. The van der Waals surface area contributed by atoms with Crippen LogP contribution in [0.2, 0.25) is 0 Å². The van der Waals surface area contributed by atoms with E-state index in [1.54, 1.807) is 7.05 Å². The molecule has 0 radical (unpaired) electrons. The van der Waals surface area contributed by atoms with Crippen molar-refractivity contribution in [2.45, 2.75) is 13.1 Å². The van der Waals surface area contributed by atoms with Crippen LogP contribution in [-0.2, 0) is 20.1 Å². The zero-order chi connectivity index (χ0) is 16.2. The van der Waals surface area contributed by atoms with Crippen molar-refractivity contribution in [3.63, 3.8) is 0 Å². The third kappa shape index (κ3) is 4.14. The van der Waals surface area contributed by atoms with Crippen molar-refractivity contribution in [3.05, 3.63) is 47.8 Å². The second kappa shape index (κ2) is 8.27. The third-order valence-corrected chi connectivity index (χ3v) is 3.91. The van der Waals surface area contributed by atoms with Gasteiger partial charge in [-0.05, 0) is 29.8 Å². The fourth-order valence-corrected chi connectivity index (χ4v) is 2.62. The summed E-state index contributed by atoms with van der Waals surface area (Å²) in [5.74, 6) is 2.47. The Hall–Kier alpha value is -1.90. The average Bonchev–Trinajstić information content (AvgIpc) is 3.16. The Morgan fingerprint density at radius 3 is 2.79 bits per heavy atom. The number of hydrogen-bond donors (Lipinski definition) is 1. The van der Waals surface area contributed by atoms with Crippen LogP contribution in [0.5, 0.6) is 11.5 Å². The first-order chi connectivity index (χ1) is 11.2. The molecule has 1 aromatic heterocycles. The van der Waals surface area contributed by atoms with E-state index >= 15 is 0 Å². The lowest BCUT2D eigenvalue weighted by Gasteiger charge is -2.22. The molecule has 0 atom stereocenters. The average molecular weight is 442 g/mol. The zero-order valence-corrected chi connectivity index (χ0v) is 16.5. The molecule has 0 amide bonds. The minimum absolute atomic E-state index is 0. The molecule has 0 unspecified atom stereocenters. The van der Waals surface area contributed by atoms with Crippen LogP contribution < -0.4 is 14.8 Å². The molecule has 0 saturated heterocycles. The Morgan fingerprint density at radius 2 is 2.08 bits per heavy atom. The van der Waals surface area contributed by atoms with Gasteiger partial charge in [-0.1, -0.05) is 6.07 Å². The maximum absolute atomic E-state index is 5.43. The summed E-state index contributed by atoms with van der Waals surface area (Å²) in [5.41, 5.74) is 2.36. The number of aryl methyl sites for hydroxylation is 1. The lowest BCUT2D eigenvalue weighted by Crippen LogP contribution is -2.38. The predicted octanol–water partition coefficient (Wildman–Crippen LogP) is 2.58. The number of benzene rings is 1. The van der Waals surface area contributed by atoms with E-state index in [0.717, 1.165) is 36.1 Å². The zero-order valence-electron chi connectivity index (χ0n) is 14.2. The first-order valence-electron chi connectivity index (χ1n) is 7.58. The molecule has 1 aromatic carbocycles. The number of rotatable bonds is 4. The topological polar surface area (TPSA) is 51.0 Å². The van der Waals surface area contributed by atoms with E-state index in [1.165, 1.54) is 5.69 Å². The number of nitrogens with zero attached hydrogens (tertiary/aromatic N) is 3. The van der Waals surface area contributed by atoms with Gasteiger partial charge in [0.15, 0.2) is 17.5 Å². The molecular formula is C17H23IN4O2. The van der Waals surface area contributed by atoms with Crippen LogP contribution in [0, 0.1) is 0 Å². The summed E-state index contributed by atoms with van der Waals surface area (Å²) < 4.78 is 12.9. The molecule has 6 nitrogen and oxygen atoms in total. The Morgan fingerprint density at radius 1 is 1.29 bits per heavy atom. The van der Waals surface area contributed by atoms with Crippen LogP contribution in [-0.4, -0.2) is 36.3 Å². The molecule has 0 fully saturated rings. The number of guanidine groups is 1. The van der Waals surface area contributed by atoms with Gasteiger partial charge in [0.1, 0.15) is 0 Å². The van der Waals surface area contributed by atoms with Crippen LogP contribution in [0.4, 0.5) is 0 Å². The summed E-state index contributed by atoms with van der Waals surface area (Å²) in [6, 6.07) is 10.2. The summed E-state index contributed by atoms with van der Waals surface area (Å²) >= 11 is 0. The second-order valence-corrected chi connectivity index (χ2v) is 5.55. The fraction of sp³-hybridized carbons (Fsp3) is 0.353. The molecule has 0 saturated carbocycles. The minimum atomic E-state index is 0. The van der Waals surface area contributed by atoms with Crippen molar-refractivity contribution >= 4 is 29.9 Å². The van der Waals surface area contributed by atoms with Crippen molar-refractivity contribution in [1.82, 2.24) is 14.8 Å². The number of hydrogen-bond acceptors (Lipinski definition) is 3. The number of nitrogens with one attached hydrogen (secondary N) is 1. The van der Waals surface area contributed by atoms with E-state index in [0.29, 0.717) is 6.79 Å². The molecule has 1 aliphatic rings. The van der Waals surface area contributed by atoms with E-state index < -0.39 is 0 Å². The first-order valence-corrected chi connectivity index (χ1v) is 7.58. The highest BCUT2D eigenvalue weighted by molar-refractivity contribution is 14.0. The molecule has 1 N–H and O–H groups in total. The van der Waals surface area contributed by atoms with Crippen LogP contribution in [0.3, 0.4) is 0 Å². The van der Waals surface area contributed by atoms with Crippen molar-refractivity contribution < 1.29 is 9.47 Å². The SMILES string of the molecule is CN=C(NCc1cccn1C)N(C)Cc1ccc2c(c1)OCO2.I. The summed E-state index contributed by atoms with van der Waals surface area (Å²) in [5, 5.41) is 3.38. The van der Waals surface area contributed by atoms with Gasteiger partial charge in [-0.2, -0.15) is 0 Å². The number of aromatic nitrogens is 1. The van der Waals surface area contributed by atoms with Gasteiger partial charge < -0.3 is 24.3 Å². The summed E-state index contributed by atoms with van der Waals surface area (Å²) in [6.45, 7) is 1.78. The quantitative estimate of drug-likeness (QED) is 0.450. The highest BCUT2D eigenvalue weighted by atomic mass is 127. The Labute approximate surface area is 159 Å². The number of ether oxygens (including phenoxy) is 2. The van der Waals surface area contributed by atoms with E-state index in [4.69, 9.17) is 9.47 Å². The van der Waals surface area contributed by atoms with Gasteiger partial charge in [-0.15, -0.1) is 24.0 Å². The lowest BCUT2D eigenvalue weighted by molar-refractivity contribution is 0.174. The number of fused-ring (bicyclic) bond motifs is 1. The van der Waals surface area contributed by atoms with Gasteiger partial charge in [0.05, 0.1) is 6.54 Å². The third-order valence-electron chi connectivity index (χ3n) is 3.91. The summed E-state index contributed by atoms with van der Waals surface area (Å²) in [4.78, 5) is 6.44. The second-order valence-electron chi connectivity index (χ2n) is 5.55. The molecule has 2 heterocycles. The molecule has 130 valence electrons. The van der Waals surface area contributed by atoms with Crippen molar-refractivity contribution in [1.29, 1.82) is 0 Å². The molecule has 7 heteroatoms. The highest BCUT2D eigenvalue weighted by Crippen LogP contribution is 2.32. The molecule has 1 aliphatic heterocycles. The molecule has 24 heavy (non-hydrogen) atoms. The minimum Gasteiger partial charge on any atom is -0.454 e. The maximum Gasteiger partial charge on any atom is 0.231 e. The van der Waals surface area contributed by atoms with Crippen LogP contribution in [0.25, 0.3) is 0 Å². The standard InChI is InChI=1S/C17H22N4O2.HI/c1-18-17(19-10-14-5-4-8-20(14)2)21(3)11-13-6-7-15-16(9-13)23-12-22-15;/h4-9H,10-12H2,1-3H3,(H,18,19);1H. The van der Waals surface area contributed by atoms with Crippen LogP contribution >= 0.6 is 24.0 Å². The van der Waals surface area contributed by atoms with Gasteiger partial charge >= 0.3 is 0 Å². The van der Waals surface area contributed by atoms with Crippen LogP contribution in [0.15, 0.2) is 41.5 Å². The first kappa shape index (κ1) is 18.4. The molecule has 3 rings (SSSR count). The molecule has 0 bridgehead atoms. The highest BCUT2D eigenvalue weighted by Gasteiger charge is 2.14. The smallest absolute Gasteiger partial charge is 0.231 e. The Bertz CT molecular complexity index is 714. The van der Waals surface area contributed by atoms with Crippen molar-refractivity contribution in [3.8, 4) is 11.5 Å². The van der Waals surface area contributed by atoms with E-state index in [1.807, 2.05) is 38.5 Å². The summed E-state index contributed by atoms with van der Waals surface area (Å²) in [7, 11) is 5.85. The lowest BCUT2D eigenvalue weighted by atomic mass is 10.2. The van der Waals surface area contributed by atoms with Crippen molar-refractivity contribution in [2.24, 2.45) is 12.0 Å². The van der Waals surface area contributed by atoms with E-state index in [-0.39, 0.29) is 24.0 Å². The van der Waals surface area contributed by atoms with E-state index in [9.17, 15) is 0 Å². The Balaban J connectivity index is 0.00000208. The molecule has 2 aromatic rings. The molecule has 0 spiro atoms. The monoisotopic (exact) mass is 442 g/mol. The largest absolute Gasteiger partial charge is 0.454 e. The summed E-state index contributed by atoms with van der Waals surface area (Å²) in [6.07, 6.45) is 2.04. The van der Waals surface area contributed by atoms with Gasteiger partial charge in [0.25, 0.3) is 0 Å². The van der Waals surface area contributed by atoms with Gasteiger partial charge in [-0.25, -0.2) is 0 Å². The van der Waals surface area contributed by atoms with E-state index in [2.05, 4.69) is 31.9 Å². The molecule has 0 aliphatic carbocycles. The van der Waals surface area contributed by atoms with Gasteiger partial charge in [0, 0.05) is 39.6 Å². The molecular weight excluding hydrogens is 419 g/mol. The maximum atomic E-state index is 5.43. The normalized spacial score (nSPS) is 12.7. The fourth-order valence-electron chi connectivity index (χ4n) is 2.62. The predicted molar refractivity (Wildman–Crippen MR) is 105 cm³/mol. The van der Waals surface area contributed by atoms with Gasteiger partial charge in [-0.3, -0.25) is 4.99 Å². The van der Waals surface area contributed by atoms with Crippen molar-refractivity contribution in [2.75, 3.05) is 20.9 Å².